The molecule has 1 heterocycles. The molecule has 4 rings (SSSR count). The van der Waals surface area contributed by atoms with Gasteiger partial charge < -0.3 is 11.1 Å². The van der Waals surface area contributed by atoms with Crippen molar-refractivity contribution in [1.29, 1.82) is 0 Å². The van der Waals surface area contributed by atoms with Crippen LogP contribution in [0.2, 0.25) is 0 Å². The Morgan fingerprint density at radius 2 is 1.61 bits per heavy atom. The SMILES string of the molecule is Nc1ccc(C(=O)Nc2ccc(-n3c(C(F)(F)F)nc4ccccc43)cc2)c(F)c1F. The molecule has 158 valence electrons. The third kappa shape index (κ3) is 3.67. The zero-order valence-electron chi connectivity index (χ0n) is 15.5. The maximum Gasteiger partial charge on any atom is 0.450 e. The van der Waals surface area contributed by atoms with Gasteiger partial charge in [-0.2, -0.15) is 13.2 Å². The summed E-state index contributed by atoms with van der Waals surface area (Å²) in [7, 11) is 0. The molecule has 0 saturated carbocycles. The van der Waals surface area contributed by atoms with E-state index in [2.05, 4.69) is 10.3 Å². The van der Waals surface area contributed by atoms with Gasteiger partial charge in [0, 0.05) is 11.4 Å². The minimum atomic E-state index is -4.69. The first kappa shape index (κ1) is 20.3. The molecule has 0 fully saturated rings. The highest BCUT2D eigenvalue weighted by molar-refractivity contribution is 6.04. The Balaban J connectivity index is 1.67. The number of aromatic nitrogens is 2. The van der Waals surface area contributed by atoms with E-state index >= 15 is 0 Å². The van der Waals surface area contributed by atoms with Crippen LogP contribution < -0.4 is 11.1 Å². The summed E-state index contributed by atoms with van der Waals surface area (Å²) < 4.78 is 69.0. The van der Waals surface area contributed by atoms with E-state index in [1.165, 1.54) is 36.4 Å². The Morgan fingerprint density at radius 1 is 0.935 bits per heavy atom. The summed E-state index contributed by atoms with van der Waals surface area (Å²) in [5.74, 6) is -4.76. The lowest BCUT2D eigenvalue weighted by Crippen LogP contribution is -2.16. The van der Waals surface area contributed by atoms with Crippen molar-refractivity contribution in [2.75, 3.05) is 11.1 Å². The largest absolute Gasteiger partial charge is 0.450 e. The summed E-state index contributed by atoms with van der Waals surface area (Å²) in [5, 5.41) is 2.37. The van der Waals surface area contributed by atoms with E-state index in [1.54, 1.807) is 12.1 Å². The van der Waals surface area contributed by atoms with Crippen LogP contribution in [0.25, 0.3) is 16.7 Å². The average Bonchev–Trinajstić information content (AvgIpc) is 3.13. The second-order valence-electron chi connectivity index (χ2n) is 6.59. The molecule has 3 N–H and O–H groups in total. The molecule has 0 radical (unpaired) electrons. The molecule has 0 aliphatic carbocycles. The molecule has 0 aliphatic rings. The van der Waals surface area contributed by atoms with Gasteiger partial charge in [0.2, 0.25) is 5.82 Å². The minimum absolute atomic E-state index is 0.156. The predicted octanol–water partition coefficient (Wildman–Crippen LogP) is 5.16. The maximum atomic E-state index is 13.9. The fourth-order valence-corrected chi connectivity index (χ4v) is 3.11. The first-order chi connectivity index (χ1) is 14.7. The Morgan fingerprint density at radius 3 is 2.29 bits per heavy atom. The van der Waals surface area contributed by atoms with Crippen LogP contribution in [0, 0.1) is 11.6 Å². The van der Waals surface area contributed by atoms with Gasteiger partial charge in [-0.1, -0.05) is 12.1 Å². The molecular formula is C21H13F5N4O. The first-order valence-electron chi connectivity index (χ1n) is 8.87. The monoisotopic (exact) mass is 432 g/mol. The Hall–Kier alpha value is -3.95. The summed E-state index contributed by atoms with van der Waals surface area (Å²) >= 11 is 0. The smallest absolute Gasteiger partial charge is 0.396 e. The zero-order valence-corrected chi connectivity index (χ0v) is 15.5. The number of carbonyl (C=O) groups is 1. The van der Waals surface area contributed by atoms with Crippen LogP contribution in [0.1, 0.15) is 16.2 Å². The third-order valence-corrected chi connectivity index (χ3v) is 4.55. The van der Waals surface area contributed by atoms with Gasteiger partial charge in [-0.15, -0.1) is 0 Å². The van der Waals surface area contributed by atoms with Crippen LogP contribution in [-0.2, 0) is 6.18 Å². The molecule has 0 aliphatic heterocycles. The number of hydrogen-bond acceptors (Lipinski definition) is 3. The molecule has 10 heteroatoms. The van der Waals surface area contributed by atoms with Crippen molar-refractivity contribution in [2.45, 2.75) is 6.18 Å². The number of imidazole rings is 1. The van der Waals surface area contributed by atoms with Crippen LogP contribution in [0.3, 0.4) is 0 Å². The number of hydrogen-bond donors (Lipinski definition) is 2. The molecule has 0 atom stereocenters. The van der Waals surface area contributed by atoms with Crippen LogP contribution in [0.4, 0.5) is 33.3 Å². The Kier molecular flexibility index (Phi) is 4.84. The van der Waals surface area contributed by atoms with E-state index in [1.807, 2.05) is 0 Å². The van der Waals surface area contributed by atoms with E-state index in [9.17, 15) is 26.7 Å². The molecule has 3 aromatic carbocycles. The van der Waals surface area contributed by atoms with Crippen molar-refractivity contribution in [1.82, 2.24) is 9.55 Å². The number of halogens is 5. The fraction of sp³-hybridized carbons (Fsp3) is 0.0476. The number of anilines is 2. The molecule has 0 unspecified atom stereocenters. The highest BCUT2D eigenvalue weighted by Crippen LogP contribution is 2.34. The van der Waals surface area contributed by atoms with E-state index in [0.29, 0.717) is 0 Å². The van der Waals surface area contributed by atoms with E-state index < -0.39 is 40.8 Å². The number of alkyl halides is 3. The minimum Gasteiger partial charge on any atom is -0.396 e. The topological polar surface area (TPSA) is 72.9 Å². The van der Waals surface area contributed by atoms with E-state index in [4.69, 9.17) is 5.73 Å². The molecule has 4 aromatic rings. The van der Waals surface area contributed by atoms with Crippen molar-refractivity contribution in [2.24, 2.45) is 0 Å². The molecule has 0 saturated heterocycles. The number of nitrogens with two attached hydrogens (primary N) is 1. The van der Waals surface area contributed by atoms with Crippen molar-refractivity contribution in [3.8, 4) is 5.69 Å². The first-order valence-corrected chi connectivity index (χ1v) is 8.87. The second kappa shape index (κ2) is 7.38. The van der Waals surface area contributed by atoms with Gasteiger partial charge in [-0.05, 0) is 48.5 Å². The van der Waals surface area contributed by atoms with Gasteiger partial charge in [-0.3, -0.25) is 9.36 Å². The van der Waals surface area contributed by atoms with Gasteiger partial charge in [-0.25, -0.2) is 13.8 Å². The number of nitrogens with zero attached hydrogens (tertiary/aromatic N) is 2. The number of benzene rings is 3. The number of para-hydroxylation sites is 2. The fourth-order valence-electron chi connectivity index (χ4n) is 3.11. The van der Waals surface area contributed by atoms with Crippen LogP contribution in [0.5, 0.6) is 0 Å². The van der Waals surface area contributed by atoms with Crippen LogP contribution >= 0.6 is 0 Å². The predicted molar refractivity (Wildman–Crippen MR) is 105 cm³/mol. The highest BCUT2D eigenvalue weighted by Gasteiger charge is 2.38. The van der Waals surface area contributed by atoms with Gasteiger partial charge in [0.15, 0.2) is 11.6 Å². The van der Waals surface area contributed by atoms with E-state index in [0.717, 1.165) is 16.7 Å². The molecule has 1 amide bonds. The second-order valence-corrected chi connectivity index (χ2v) is 6.59. The lowest BCUT2D eigenvalue weighted by Gasteiger charge is -2.13. The Bertz CT molecular complexity index is 1300. The average molecular weight is 432 g/mol. The standard InChI is InChI=1S/C21H13F5N4O/c22-17-13(9-10-14(27)18(17)23)19(31)28-11-5-7-12(8-6-11)30-16-4-2-1-3-15(16)29-20(30)21(24,25)26/h1-10H,27H2,(H,28,31). The number of nitrogens with one attached hydrogen (secondary N) is 1. The summed E-state index contributed by atoms with van der Waals surface area (Å²) in [6.45, 7) is 0. The zero-order chi connectivity index (χ0) is 22.3. The quantitative estimate of drug-likeness (QED) is 0.347. The van der Waals surface area contributed by atoms with E-state index in [-0.39, 0.29) is 22.4 Å². The molecule has 0 bridgehead atoms. The van der Waals surface area contributed by atoms with Gasteiger partial charge in [0.05, 0.1) is 22.3 Å². The molecule has 0 spiro atoms. The lowest BCUT2D eigenvalue weighted by molar-refractivity contribution is -0.145. The number of amides is 1. The summed E-state index contributed by atoms with van der Waals surface area (Å²) in [6, 6.07) is 13.6. The van der Waals surface area contributed by atoms with Crippen LogP contribution in [-0.4, -0.2) is 15.5 Å². The number of nitrogen functional groups attached to an aromatic ring is 1. The van der Waals surface area contributed by atoms with Crippen molar-refractivity contribution in [3.05, 3.63) is 83.7 Å². The molecule has 5 nitrogen and oxygen atoms in total. The van der Waals surface area contributed by atoms with Crippen molar-refractivity contribution < 1.29 is 26.7 Å². The molecule has 1 aromatic heterocycles. The summed E-state index contributed by atoms with van der Waals surface area (Å²) in [5.41, 5.74) is 5.01. The Labute approximate surface area is 171 Å². The number of carbonyl (C=O) groups excluding carboxylic acids is 1. The normalized spacial score (nSPS) is 11.6. The van der Waals surface area contributed by atoms with Crippen LogP contribution in [0.15, 0.2) is 60.7 Å². The van der Waals surface area contributed by atoms with Crippen molar-refractivity contribution >= 4 is 28.3 Å². The number of rotatable bonds is 3. The van der Waals surface area contributed by atoms with Gasteiger partial charge >= 0.3 is 6.18 Å². The summed E-state index contributed by atoms with van der Waals surface area (Å²) in [4.78, 5) is 15.9. The number of fused-ring (bicyclic) bond motifs is 1. The van der Waals surface area contributed by atoms with Crippen molar-refractivity contribution in [3.63, 3.8) is 0 Å². The lowest BCUT2D eigenvalue weighted by atomic mass is 10.1. The maximum absolute atomic E-state index is 13.9. The highest BCUT2D eigenvalue weighted by atomic mass is 19.4. The summed E-state index contributed by atoms with van der Waals surface area (Å²) in [6.07, 6.45) is -4.69. The van der Waals surface area contributed by atoms with Gasteiger partial charge in [0.25, 0.3) is 5.91 Å². The van der Waals surface area contributed by atoms with Gasteiger partial charge in [0.1, 0.15) is 0 Å². The third-order valence-electron chi connectivity index (χ3n) is 4.55. The molecule has 31 heavy (non-hydrogen) atoms. The molecular weight excluding hydrogens is 419 g/mol.